The number of aryl methyl sites for hydroxylation is 1. The van der Waals surface area contributed by atoms with E-state index in [1.54, 1.807) is 0 Å². The summed E-state index contributed by atoms with van der Waals surface area (Å²) in [6, 6.07) is 9.47. The number of halogens is 1. The SMILES string of the molecule is Cl.O=C(NCCC1COc2ccccc2O1)NCc1cc2n(n1)CCCNC2. The van der Waals surface area contributed by atoms with Crippen molar-refractivity contribution in [2.24, 2.45) is 0 Å². The fourth-order valence-corrected chi connectivity index (χ4v) is 3.29. The summed E-state index contributed by atoms with van der Waals surface area (Å²) in [5.41, 5.74) is 2.05. The smallest absolute Gasteiger partial charge is 0.315 e. The average Bonchev–Trinajstić information content (AvgIpc) is 2.95. The molecule has 2 amide bonds. The minimum Gasteiger partial charge on any atom is -0.486 e. The van der Waals surface area contributed by atoms with Gasteiger partial charge in [0, 0.05) is 26.1 Å². The molecule has 28 heavy (non-hydrogen) atoms. The fourth-order valence-electron chi connectivity index (χ4n) is 3.29. The number of nitrogens with one attached hydrogen (secondary N) is 3. The van der Waals surface area contributed by atoms with Crippen molar-refractivity contribution in [1.29, 1.82) is 0 Å². The van der Waals surface area contributed by atoms with Crippen LogP contribution in [-0.2, 0) is 19.6 Å². The number of hydrogen-bond acceptors (Lipinski definition) is 5. The molecule has 1 aromatic heterocycles. The Morgan fingerprint density at radius 1 is 1.29 bits per heavy atom. The first-order chi connectivity index (χ1) is 13.3. The summed E-state index contributed by atoms with van der Waals surface area (Å²) < 4.78 is 13.6. The molecule has 2 aliphatic rings. The van der Waals surface area contributed by atoms with Crippen LogP contribution in [0.2, 0.25) is 0 Å². The second-order valence-electron chi connectivity index (χ2n) is 6.78. The van der Waals surface area contributed by atoms with E-state index in [-0.39, 0.29) is 24.5 Å². The Labute approximate surface area is 170 Å². The van der Waals surface area contributed by atoms with E-state index in [0.717, 1.165) is 43.2 Å². The Bertz CT molecular complexity index is 774. The van der Waals surface area contributed by atoms with Gasteiger partial charge in [-0.2, -0.15) is 5.10 Å². The van der Waals surface area contributed by atoms with Crippen molar-refractivity contribution < 1.29 is 14.3 Å². The molecule has 0 saturated heterocycles. The van der Waals surface area contributed by atoms with E-state index in [1.807, 2.05) is 35.0 Å². The van der Waals surface area contributed by atoms with Crippen LogP contribution >= 0.6 is 12.4 Å². The summed E-state index contributed by atoms with van der Waals surface area (Å²) in [6.07, 6.45) is 1.70. The molecule has 2 aromatic rings. The summed E-state index contributed by atoms with van der Waals surface area (Å²) >= 11 is 0. The molecule has 3 N–H and O–H groups in total. The van der Waals surface area contributed by atoms with Crippen LogP contribution in [0.5, 0.6) is 11.5 Å². The minimum absolute atomic E-state index is 0. The van der Waals surface area contributed by atoms with E-state index < -0.39 is 0 Å². The number of urea groups is 1. The van der Waals surface area contributed by atoms with Crippen LogP contribution in [0.4, 0.5) is 4.79 Å². The van der Waals surface area contributed by atoms with Crippen molar-refractivity contribution in [3.63, 3.8) is 0 Å². The van der Waals surface area contributed by atoms with Gasteiger partial charge in [-0.3, -0.25) is 4.68 Å². The van der Waals surface area contributed by atoms with E-state index >= 15 is 0 Å². The molecule has 1 aromatic carbocycles. The minimum atomic E-state index is -0.201. The lowest BCUT2D eigenvalue weighted by atomic mass is 10.2. The van der Waals surface area contributed by atoms with Crippen LogP contribution in [0.25, 0.3) is 0 Å². The zero-order chi connectivity index (χ0) is 18.5. The molecule has 152 valence electrons. The monoisotopic (exact) mass is 407 g/mol. The molecule has 3 heterocycles. The third-order valence-electron chi connectivity index (χ3n) is 4.69. The number of carbonyl (C=O) groups is 1. The largest absolute Gasteiger partial charge is 0.486 e. The third kappa shape index (κ3) is 5.08. The molecule has 0 spiro atoms. The van der Waals surface area contributed by atoms with Crippen molar-refractivity contribution in [3.8, 4) is 11.5 Å². The highest BCUT2D eigenvalue weighted by molar-refractivity contribution is 5.85. The van der Waals surface area contributed by atoms with Gasteiger partial charge < -0.3 is 25.4 Å². The highest BCUT2D eigenvalue weighted by Gasteiger charge is 2.20. The van der Waals surface area contributed by atoms with E-state index in [4.69, 9.17) is 9.47 Å². The Balaban J connectivity index is 0.00000225. The lowest BCUT2D eigenvalue weighted by Gasteiger charge is -2.26. The molecule has 0 bridgehead atoms. The fraction of sp³-hybridized carbons (Fsp3) is 0.474. The van der Waals surface area contributed by atoms with Gasteiger partial charge in [-0.25, -0.2) is 4.79 Å². The Hall–Kier alpha value is -2.45. The predicted molar refractivity (Wildman–Crippen MR) is 107 cm³/mol. The lowest BCUT2D eigenvalue weighted by Crippen LogP contribution is -2.38. The van der Waals surface area contributed by atoms with Crippen LogP contribution in [0, 0.1) is 0 Å². The highest BCUT2D eigenvalue weighted by atomic mass is 35.5. The molecule has 1 unspecified atom stereocenters. The zero-order valence-electron chi connectivity index (χ0n) is 15.6. The normalized spacial score (nSPS) is 17.6. The number of fused-ring (bicyclic) bond motifs is 2. The van der Waals surface area contributed by atoms with Gasteiger partial charge in [0.2, 0.25) is 0 Å². The van der Waals surface area contributed by atoms with Gasteiger partial charge in [0.05, 0.1) is 17.9 Å². The zero-order valence-corrected chi connectivity index (χ0v) is 16.5. The van der Waals surface area contributed by atoms with Gasteiger partial charge in [-0.1, -0.05) is 12.1 Å². The number of carbonyl (C=O) groups excluding carboxylic acids is 1. The van der Waals surface area contributed by atoms with Gasteiger partial charge >= 0.3 is 6.03 Å². The second-order valence-corrected chi connectivity index (χ2v) is 6.78. The summed E-state index contributed by atoms with van der Waals surface area (Å²) in [5.74, 6) is 1.53. The molecule has 0 aliphatic carbocycles. The quantitative estimate of drug-likeness (QED) is 0.703. The molecule has 1 atom stereocenters. The first kappa shape index (κ1) is 20.3. The number of benzene rings is 1. The van der Waals surface area contributed by atoms with E-state index in [1.165, 1.54) is 5.69 Å². The standard InChI is InChI=1S/C19H25N5O3.ClH/c25-19(22-11-14-10-15-12-20-7-3-9-24(15)23-14)21-8-6-16-13-26-17-4-1-2-5-18(17)27-16;/h1-2,4-5,10,16,20H,3,6-9,11-13H2,(H2,21,22,25);1H. The summed E-state index contributed by atoms with van der Waals surface area (Å²) in [4.78, 5) is 12.0. The van der Waals surface area contributed by atoms with Crippen LogP contribution in [-0.4, -0.2) is 41.6 Å². The summed E-state index contributed by atoms with van der Waals surface area (Å²) in [5, 5.41) is 13.6. The molecule has 2 aliphatic heterocycles. The van der Waals surface area contributed by atoms with Gasteiger partial charge in [0.1, 0.15) is 12.7 Å². The van der Waals surface area contributed by atoms with E-state index in [0.29, 0.717) is 26.1 Å². The van der Waals surface area contributed by atoms with Crippen molar-refractivity contribution in [2.75, 3.05) is 19.7 Å². The maximum atomic E-state index is 12.0. The first-order valence-corrected chi connectivity index (χ1v) is 9.44. The molecule has 0 radical (unpaired) electrons. The number of nitrogens with zero attached hydrogens (tertiary/aromatic N) is 2. The second kappa shape index (κ2) is 9.66. The van der Waals surface area contributed by atoms with Gasteiger partial charge in [0.15, 0.2) is 11.5 Å². The van der Waals surface area contributed by atoms with Crippen molar-refractivity contribution in [2.45, 2.75) is 38.6 Å². The maximum Gasteiger partial charge on any atom is 0.315 e. The first-order valence-electron chi connectivity index (χ1n) is 9.44. The molecule has 0 fully saturated rings. The average molecular weight is 408 g/mol. The number of ether oxygens (including phenoxy) is 2. The number of rotatable bonds is 5. The predicted octanol–water partition coefficient (Wildman–Crippen LogP) is 1.83. The van der Waals surface area contributed by atoms with Crippen LogP contribution in [0.15, 0.2) is 30.3 Å². The van der Waals surface area contributed by atoms with Crippen LogP contribution in [0.3, 0.4) is 0 Å². The summed E-state index contributed by atoms with van der Waals surface area (Å²) in [6.45, 7) is 4.19. The van der Waals surface area contributed by atoms with E-state index in [2.05, 4.69) is 21.0 Å². The molecular weight excluding hydrogens is 382 g/mol. The molecular formula is C19H26ClN5O3. The van der Waals surface area contributed by atoms with Gasteiger partial charge in [0.25, 0.3) is 0 Å². The lowest BCUT2D eigenvalue weighted by molar-refractivity contribution is 0.0853. The summed E-state index contributed by atoms with van der Waals surface area (Å²) in [7, 11) is 0. The van der Waals surface area contributed by atoms with Crippen molar-refractivity contribution >= 4 is 18.4 Å². The number of aromatic nitrogens is 2. The Morgan fingerprint density at radius 2 is 2.14 bits per heavy atom. The molecule has 4 rings (SSSR count). The Kier molecular flexibility index (Phi) is 7.00. The molecule has 9 heteroatoms. The van der Waals surface area contributed by atoms with E-state index in [9.17, 15) is 4.79 Å². The Morgan fingerprint density at radius 3 is 3.04 bits per heavy atom. The third-order valence-corrected chi connectivity index (χ3v) is 4.69. The molecule has 8 nitrogen and oxygen atoms in total. The van der Waals surface area contributed by atoms with Crippen LogP contribution < -0.4 is 25.4 Å². The van der Waals surface area contributed by atoms with Gasteiger partial charge in [-0.05, 0) is 31.2 Å². The number of amides is 2. The van der Waals surface area contributed by atoms with Crippen LogP contribution in [0.1, 0.15) is 24.2 Å². The maximum absolute atomic E-state index is 12.0. The number of para-hydroxylation sites is 2. The van der Waals surface area contributed by atoms with Crippen molar-refractivity contribution in [3.05, 3.63) is 41.7 Å². The topological polar surface area (TPSA) is 89.4 Å². The highest BCUT2D eigenvalue weighted by Crippen LogP contribution is 2.31. The van der Waals surface area contributed by atoms with Gasteiger partial charge in [-0.15, -0.1) is 12.4 Å². The molecule has 0 saturated carbocycles. The number of hydrogen-bond donors (Lipinski definition) is 3. The van der Waals surface area contributed by atoms with Crippen molar-refractivity contribution in [1.82, 2.24) is 25.7 Å².